The quantitative estimate of drug-likeness (QED) is 0.282. The number of nitrogens with zero attached hydrogens (tertiary/aromatic N) is 3. The van der Waals surface area contributed by atoms with E-state index in [1.54, 1.807) is 11.8 Å². The van der Waals surface area contributed by atoms with Crippen molar-refractivity contribution in [2.75, 3.05) is 18.5 Å². The molecule has 0 saturated heterocycles. The molecule has 1 amide bonds. The fourth-order valence-corrected chi connectivity index (χ4v) is 5.48. The maximum atomic E-state index is 12.5. The van der Waals surface area contributed by atoms with E-state index >= 15 is 0 Å². The molecule has 0 unspecified atom stereocenters. The highest BCUT2D eigenvalue weighted by Gasteiger charge is 2.22. The number of rotatable bonds is 9. The first kappa shape index (κ1) is 23.9. The lowest BCUT2D eigenvalue weighted by Gasteiger charge is -2.32. The zero-order chi connectivity index (χ0) is 24.0. The van der Waals surface area contributed by atoms with Gasteiger partial charge in [0.25, 0.3) is 5.91 Å². The van der Waals surface area contributed by atoms with Gasteiger partial charge in [-0.2, -0.15) is 0 Å². The Balaban J connectivity index is 1.33. The molecule has 2 aliphatic rings. The fraction of sp³-hybridized carbons (Fsp3) is 0.414. The Morgan fingerprint density at radius 3 is 2.54 bits per heavy atom. The zero-order valence-electron chi connectivity index (χ0n) is 20.5. The summed E-state index contributed by atoms with van der Waals surface area (Å²) >= 11 is 1.63. The second-order valence-corrected chi connectivity index (χ2v) is 10.7. The van der Waals surface area contributed by atoms with E-state index in [1.807, 2.05) is 24.3 Å². The molecule has 35 heavy (non-hydrogen) atoms. The molecule has 2 saturated carbocycles. The summed E-state index contributed by atoms with van der Waals surface area (Å²) in [6, 6.07) is 20.9. The van der Waals surface area contributed by atoms with Crippen molar-refractivity contribution >= 4 is 23.5 Å². The number of nitrogens with one attached hydrogen (secondary N) is 1. The van der Waals surface area contributed by atoms with Crippen molar-refractivity contribution in [2.45, 2.75) is 61.9 Å². The molecule has 5 nitrogen and oxygen atoms in total. The molecule has 182 valence electrons. The van der Waals surface area contributed by atoms with E-state index in [-0.39, 0.29) is 5.91 Å². The second-order valence-electron chi connectivity index (χ2n) is 9.81. The molecule has 1 N–H and O–H groups in total. The van der Waals surface area contributed by atoms with Crippen LogP contribution >= 0.6 is 11.8 Å². The van der Waals surface area contributed by atoms with Gasteiger partial charge in [-0.25, -0.2) is 9.97 Å². The van der Waals surface area contributed by atoms with Gasteiger partial charge in [0.2, 0.25) is 0 Å². The van der Waals surface area contributed by atoms with Gasteiger partial charge in [-0.05, 0) is 49.3 Å². The second kappa shape index (κ2) is 11.3. The number of carbonyl (C=O) groups is 1. The van der Waals surface area contributed by atoms with Gasteiger partial charge in [0.1, 0.15) is 5.82 Å². The van der Waals surface area contributed by atoms with Crippen LogP contribution in [-0.4, -0.2) is 35.5 Å². The summed E-state index contributed by atoms with van der Waals surface area (Å²) in [5, 5.41) is 3.83. The first-order chi connectivity index (χ1) is 17.2. The Bertz CT molecular complexity index is 1140. The van der Waals surface area contributed by atoms with E-state index in [0.717, 1.165) is 39.9 Å². The van der Waals surface area contributed by atoms with Gasteiger partial charge in [-0.3, -0.25) is 4.79 Å². The third kappa shape index (κ3) is 6.43. The van der Waals surface area contributed by atoms with E-state index in [4.69, 9.17) is 9.97 Å². The van der Waals surface area contributed by atoms with Crippen molar-refractivity contribution in [1.29, 1.82) is 0 Å². The van der Waals surface area contributed by atoms with E-state index in [9.17, 15) is 4.79 Å². The van der Waals surface area contributed by atoms with Gasteiger partial charge in [0, 0.05) is 42.6 Å². The minimum absolute atomic E-state index is 0.0162. The number of thioether (sulfide) groups is 1. The molecule has 1 aromatic heterocycles. The van der Waals surface area contributed by atoms with E-state index in [0.29, 0.717) is 17.7 Å². The Kier molecular flexibility index (Phi) is 7.67. The van der Waals surface area contributed by atoms with Gasteiger partial charge >= 0.3 is 0 Å². The van der Waals surface area contributed by atoms with Crippen LogP contribution in [0.3, 0.4) is 0 Å². The number of hydrogen-bond donors (Lipinski definition) is 1. The maximum absolute atomic E-state index is 12.5. The van der Waals surface area contributed by atoms with Crippen molar-refractivity contribution in [3.63, 3.8) is 0 Å². The van der Waals surface area contributed by atoms with Crippen LogP contribution in [0.5, 0.6) is 0 Å². The summed E-state index contributed by atoms with van der Waals surface area (Å²) in [6.07, 6.45) is 8.82. The summed E-state index contributed by atoms with van der Waals surface area (Å²) in [5.41, 5.74) is 3.88. The fourth-order valence-electron chi connectivity index (χ4n) is 4.68. The lowest BCUT2D eigenvalue weighted by atomic mass is 9.94. The first-order valence-electron chi connectivity index (χ1n) is 12.8. The zero-order valence-corrected chi connectivity index (χ0v) is 21.3. The van der Waals surface area contributed by atoms with E-state index < -0.39 is 0 Å². The third-order valence-corrected chi connectivity index (χ3v) is 7.97. The molecule has 1 heterocycles. The predicted octanol–water partition coefficient (Wildman–Crippen LogP) is 6.34. The molecule has 0 aliphatic heterocycles. The van der Waals surface area contributed by atoms with Crippen LogP contribution in [0.25, 0.3) is 11.3 Å². The number of hydrogen-bond acceptors (Lipinski definition) is 5. The van der Waals surface area contributed by atoms with Crippen molar-refractivity contribution in [2.24, 2.45) is 5.92 Å². The normalized spacial score (nSPS) is 16.1. The van der Waals surface area contributed by atoms with Crippen molar-refractivity contribution in [3.05, 3.63) is 71.8 Å². The smallest absolute Gasteiger partial charge is 0.251 e. The highest BCUT2D eigenvalue weighted by atomic mass is 32.2. The first-order valence-corrected chi connectivity index (χ1v) is 13.8. The number of benzene rings is 2. The third-order valence-electron chi connectivity index (χ3n) is 7.05. The van der Waals surface area contributed by atoms with Gasteiger partial charge in [-0.15, -0.1) is 0 Å². The van der Waals surface area contributed by atoms with Crippen molar-refractivity contribution in [1.82, 2.24) is 15.3 Å². The monoisotopic (exact) mass is 486 g/mol. The van der Waals surface area contributed by atoms with Crippen LogP contribution in [-0.2, 0) is 5.75 Å². The molecule has 2 aliphatic carbocycles. The highest BCUT2D eigenvalue weighted by molar-refractivity contribution is 7.98. The molecule has 2 aromatic carbocycles. The molecule has 2 fully saturated rings. The number of anilines is 1. The maximum Gasteiger partial charge on any atom is 0.251 e. The average molecular weight is 487 g/mol. The highest BCUT2D eigenvalue weighted by Crippen LogP contribution is 2.31. The topological polar surface area (TPSA) is 58.1 Å². The average Bonchev–Trinajstić information content (AvgIpc) is 3.76. The molecule has 6 heteroatoms. The Hall–Kier alpha value is -2.86. The standard InChI is InChI=1S/C29H34N4OS/c1-33(25-13-6-3-7-14-25)27-18-26(23-10-4-2-5-11-23)31-29(32-27)35-20-22-9-8-12-24(17-22)28(34)30-19-21-15-16-21/h2,4-5,8-12,17-18,21,25H,3,6-7,13-16,19-20H2,1H3,(H,30,34). The van der Waals surface area contributed by atoms with E-state index in [2.05, 4.69) is 53.7 Å². The van der Waals surface area contributed by atoms with Crippen molar-refractivity contribution < 1.29 is 4.79 Å². The summed E-state index contributed by atoms with van der Waals surface area (Å²) in [4.78, 5) is 24.7. The van der Waals surface area contributed by atoms with Gasteiger partial charge < -0.3 is 10.2 Å². The minimum atomic E-state index is 0.0162. The molecule has 3 aromatic rings. The van der Waals surface area contributed by atoms with Gasteiger partial charge in [0.05, 0.1) is 5.69 Å². The number of carbonyl (C=O) groups excluding carboxylic acids is 1. The number of amides is 1. The Morgan fingerprint density at radius 1 is 0.971 bits per heavy atom. The summed E-state index contributed by atoms with van der Waals surface area (Å²) in [5.74, 6) is 2.39. The van der Waals surface area contributed by atoms with Crippen LogP contribution in [0.15, 0.2) is 65.8 Å². The summed E-state index contributed by atoms with van der Waals surface area (Å²) in [6.45, 7) is 0.787. The Morgan fingerprint density at radius 2 is 1.77 bits per heavy atom. The lowest BCUT2D eigenvalue weighted by molar-refractivity contribution is 0.0951. The van der Waals surface area contributed by atoms with E-state index in [1.165, 1.54) is 44.9 Å². The summed E-state index contributed by atoms with van der Waals surface area (Å²) in [7, 11) is 2.17. The molecule has 0 bridgehead atoms. The van der Waals surface area contributed by atoms with Gasteiger partial charge in [-0.1, -0.05) is 73.5 Å². The van der Waals surface area contributed by atoms with Gasteiger partial charge in [0.15, 0.2) is 5.16 Å². The molecular weight excluding hydrogens is 452 g/mol. The molecule has 0 spiro atoms. The van der Waals surface area contributed by atoms with Crippen LogP contribution in [0.4, 0.5) is 5.82 Å². The largest absolute Gasteiger partial charge is 0.357 e. The molecular formula is C29H34N4OS. The van der Waals surface area contributed by atoms with Crippen LogP contribution < -0.4 is 10.2 Å². The van der Waals surface area contributed by atoms with Crippen LogP contribution in [0.2, 0.25) is 0 Å². The SMILES string of the molecule is CN(c1cc(-c2ccccc2)nc(SCc2cccc(C(=O)NCC3CC3)c2)n1)C1CCCCC1. The van der Waals surface area contributed by atoms with Crippen molar-refractivity contribution in [3.8, 4) is 11.3 Å². The Labute approximate surface area is 212 Å². The molecule has 0 radical (unpaired) electrons. The summed E-state index contributed by atoms with van der Waals surface area (Å²) < 4.78 is 0. The number of aromatic nitrogens is 2. The molecule has 5 rings (SSSR count). The van der Waals surface area contributed by atoms with Crippen LogP contribution in [0, 0.1) is 5.92 Å². The minimum Gasteiger partial charge on any atom is -0.357 e. The lowest BCUT2D eigenvalue weighted by Crippen LogP contribution is -2.34. The van der Waals surface area contributed by atoms with Crippen LogP contribution in [0.1, 0.15) is 60.9 Å². The predicted molar refractivity (Wildman–Crippen MR) is 144 cm³/mol. The molecule has 0 atom stereocenters.